The molecule has 304 valence electrons. The Balaban J connectivity index is 1.01. The van der Waals surface area contributed by atoms with Crippen molar-refractivity contribution < 1.29 is 5.11 Å². The molecule has 0 radical (unpaired) electrons. The molecule has 8 aliphatic rings. The minimum Gasteiger partial charge on any atom is -0.507 e. The molecule has 8 bridgehead atoms. The summed E-state index contributed by atoms with van der Waals surface area (Å²) >= 11 is 0. The molecule has 2 nitrogen and oxygen atoms in total. The second kappa shape index (κ2) is 13.4. The van der Waals surface area contributed by atoms with Crippen molar-refractivity contribution in [3.63, 3.8) is 0 Å². The maximum Gasteiger partial charge on any atom is 0.127 e. The topological polar surface area (TPSA) is 33.1 Å². The van der Waals surface area contributed by atoms with E-state index in [2.05, 4.69) is 139 Å². The minimum absolute atomic E-state index is 0.0455. The SMILES string of the molecule is CC(C)(C)c1cc(-c2ccccc2-c2cccc(-c3ccccc3-c3cc(C(C)(C)C)cc(C45CC6CC(CC(C6)C4)C5)c3O)n2)cc(C23CC4CC(CC(C4)C2)C3)c1. The van der Waals surface area contributed by atoms with Gasteiger partial charge in [-0.1, -0.05) is 120 Å². The molecule has 4 aromatic carbocycles. The first-order valence-corrected chi connectivity index (χ1v) is 23.4. The van der Waals surface area contributed by atoms with Crippen molar-refractivity contribution in [2.24, 2.45) is 35.5 Å². The van der Waals surface area contributed by atoms with E-state index in [9.17, 15) is 5.11 Å². The zero-order chi connectivity index (χ0) is 40.5. The van der Waals surface area contributed by atoms with Crippen LogP contribution in [0.5, 0.6) is 5.75 Å². The van der Waals surface area contributed by atoms with E-state index in [4.69, 9.17) is 4.98 Å². The highest BCUT2D eigenvalue weighted by Crippen LogP contribution is 2.64. The lowest BCUT2D eigenvalue weighted by atomic mass is 9.47. The summed E-state index contributed by atoms with van der Waals surface area (Å²) in [5, 5.41) is 12.6. The third-order valence-electron chi connectivity index (χ3n) is 16.8. The number of benzene rings is 4. The number of aromatic nitrogens is 1. The van der Waals surface area contributed by atoms with Crippen LogP contribution in [0.15, 0.2) is 97.1 Å². The zero-order valence-corrected chi connectivity index (χ0v) is 36.6. The Hall–Kier alpha value is -4.17. The molecule has 1 aromatic heterocycles. The van der Waals surface area contributed by atoms with Crippen molar-refractivity contribution in [2.45, 2.75) is 140 Å². The van der Waals surface area contributed by atoms with E-state index >= 15 is 0 Å². The van der Waals surface area contributed by atoms with E-state index in [1.54, 1.807) is 5.56 Å². The molecule has 13 rings (SSSR count). The molecule has 0 amide bonds. The molecule has 0 unspecified atom stereocenters. The summed E-state index contributed by atoms with van der Waals surface area (Å²) in [4.78, 5) is 5.53. The summed E-state index contributed by atoms with van der Waals surface area (Å²) in [6.45, 7) is 14.1. The molecule has 59 heavy (non-hydrogen) atoms. The summed E-state index contributed by atoms with van der Waals surface area (Å²) in [5.74, 6) is 5.66. The molecule has 8 aliphatic carbocycles. The number of phenolic OH excluding ortho intramolecular Hbond substituents is 1. The van der Waals surface area contributed by atoms with Gasteiger partial charge < -0.3 is 5.11 Å². The van der Waals surface area contributed by atoms with Crippen LogP contribution in [0, 0.1) is 35.5 Å². The second-order valence-electron chi connectivity index (χ2n) is 23.1. The zero-order valence-electron chi connectivity index (χ0n) is 36.6. The lowest BCUT2D eigenvalue weighted by molar-refractivity contribution is -0.00617. The maximum atomic E-state index is 12.6. The molecular formula is C57H65NO. The molecule has 8 saturated carbocycles. The monoisotopic (exact) mass is 780 g/mol. The van der Waals surface area contributed by atoms with Crippen molar-refractivity contribution in [3.8, 4) is 50.5 Å². The summed E-state index contributed by atoms with van der Waals surface area (Å²) in [6.07, 6.45) is 16.4. The molecule has 1 N–H and O–H groups in total. The summed E-state index contributed by atoms with van der Waals surface area (Å²) in [7, 11) is 0. The molecule has 5 aromatic rings. The van der Waals surface area contributed by atoms with Crippen molar-refractivity contribution in [1.29, 1.82) is 0 Å². The van der Waals surface area contributed by atoms with Crippen molar-refractivity contribution >= 4 is 0 Å². The van der Waals surface area contributed by atoms with E-state index < -0.39 is 0 Å². The van der Waals surface area contributed by atoms with Crippen molar-refractivity contribution in [2.75, 3.05) is 0 Å². The third kappa shape index (κ3) is 6.44. The number of pyridine rings is 1. The van der Waals surface area contributed by atoms with Crippen LogP contribution in [0.2, 0.25) is 0 Å². The summed E-state index contributed by atoms with van der Waals surface area (Å²) < 4.78 is 0. The number of rotatable bonds is 6. The van der Waals surface area contributed by atoms with E-state index in [0.717, 1.165) is 63.6 Å². The molecule has 0 aliphatic heterocycles. The number of phenols is 1. The average Bonchev–Trinajstić information content (AvgIpc) is 3.19. The highest BCUT2D eigenvalue weighted by Gasteiger charge is 2.54. The van der Waals surface area contributed by atoms with E-state index in [1.807, 2.05) is 0 Å². The standard InChI is InChI=1S/C57H65NO/c1-54(2,3)42-24-41(25-44(26-42)56-29-35-18-36(30-56)20-37(19-35)31-56)45-12-7-9-14-47(45)51-16-11-17-52(58-51)48-15-10-8-13-46(48)49-27-43(55(4,5)6)28-50(53(49)59)57-32-38-21-39(33-57)23-40(22-38)34-57/h7-17,24-28,35-40,59H,18-23,29-34H2,1-6H3. The lowest BCUT2D eigenvalue weighted by Gasteiger charge is -2.57. The van der Waals surface area contributed by atoms with Crippen LogP contribution < -0.4 is 0 Å². The van der Waals surface area contributed by atoms with Gasteiger partial charge in [-0.05, 0) is 186 Å². The molecule has 0 saturated heterocycles. The van der Waals surface area contributed by atoms with Gasteiger partial charge in [-0.3, -0.25) is 0 Å². The van der Waals surface area contributed by atoms with E-state index in [0.29, 0.717) is 11.2 Å². The number of aromatic hydroxyl groups is 1. The van der Waals surface area contributed by atoms with Crippen LogP contribution in [0.25, 0.3) is 44.8 Å². The van der Waals surface area contributed by atoms with Crippen molar-refractivity contribution in [3.05, 3.63) is 119 Å². The Morgan fingerprint density at radius 3 is 1.41 bits per heavy atom. The normalized spacial score (nSPS) is 30.6. The first-order valence-electron chi connectivity index (χ1n) is 23.4. The highest BCUT2D eigenvalue weighted by atomic mass is 16.3. The van der Waals surface area contributed by atoms with Gasteiger partial charge in [0, 0.05) is 22.3 Å². The molecule has 1 heterocycles. The predicted octanol–water partition coefficient (Wildman–Crippen LogP) is 15.0. The lowest BCUT2D eigenvalue weighted by Crippen LogP contribution is -2.48. The Morgan fingerprint density at radius 1 is 0.458 bits per heavy atom. The smallest absolute Gasteiger partial charge is 0.127 e. The quantitative estimate of drug-likeness (QED) is 0.186. The fraction of sp³-hybridized carbons (Fsp3) is 0.491. The molecule has 8 fully saturated rings. The second-order valence-corrected chi connectivity index (χ2v) is 23.1. The maximum absolute atomic E-state index is 12.6. The summed E-state index contributed by atoms with van der Waals surface area (Å²) in [6, 6.07) is 36.6. The first kappa shape index (κ1) is 37.8. The average molecular weight is 780 g/mol. The van der Waals surface area contributed by atoms with E-state index in [1.165, 1.54) is 110 Å². The molecular weight excluding hydrogens is 715 g/mol. The Labute approximate surface area is 354 Å². The van der Waals surface area contributed by atoms with Crippen LogP contribution in [-0.4, -0.2) is 10.1 Å². The Morgan fingerprint density at radius 2 is 0.898 bits per heavy atom. The van der Waals surface area contributed by atoms with Gasteiger partial charge in [0.1, 0.15) is 5.75 Å². The van der Waals surface area contributed by atoms with Crippen LogP contribution in [0.1, 0.15) is 141 Å². The van der Waals surface area contributed by atoms with Crippen LogP contribution in [0.3, 0.4) is 0 Å². The van der Waals surface area contributed by atoms with Crippen molar-refractivity contribution in [1.82, 2.24) is 4.98 Å². The number of hydrogen-bond acceptors (Lipinski definition) is 2. The largest absolute Gasteiger partial charge is 0.507 e. The third-order valence-corrected chi connectivity index (χ3v) is 16.8. The van der Waals surface area contributed by atoms with Gasteiger partial charge in [0.2, 0.25) is 0 Å². The molecule has 2 heteroatoms. The van der Waals surface area contributed by atoms with Gasteiger partial charge in [-0.15, -0.1) is 0 Å². The highest BCUT2D eigenvalue weighted by molar-refractivity contribution is 5.88. The van der Waals surface area contributed by atoms with Gasteiger partial charge in [0.15, 0.2) is 0 Å². The van der Waals surface area contributed by atoms with Gasteiger partial charge in [0.25, 0.3) is 0 Å². The predicted molar refractivity (Wildman–Crippen MR) is 245 cm³/mol. The van der Waals surface area contributed by atoms with Gasteiger partial charge in [0.05, 0.1) is 11.4 Å². The van der Waals surface area contributed by atoms with Gasteiger partial charge in [-0.25, -0.2) is 4.98 Å². The van der Waals surface area contributed by atoms with Crippen LogP contribution in [0.4, 0.5) is 0 Å². The van der Waals surface area contributed by atoms with E-state index in [-0.39, 0.29) is 16.2 Å². The fourth-order valence-electron chi connectivity index (χ4n) is 14.7. The van der Waals surface area contributed by atoms with Gasteiger partial charge >= 0.3 is 0 Å². The summed E-state index contributed by atoms with van der Waals surface area (Å²) in [5.41, 5.74) is 14.8. The molecule has 0 atom stereocenters. The molecule has 0 spiro atoms. The van der Waals surface area contributed by atoms with Gasteiger partial charge in [-0.2, -0.15) is 0 Å². The number of hydrogen-bond donors (Lipinski definition) is 1. The minimum atomic E-state index is -0.0455. The number of nitrogens with zero attached hydrogens (tertiary/aromatic N) is 1. The Kier molecular flexibility index (Phi) is 8.59. The Bertz CT molecular complexity index is 2380. The van der Waals surface area contributed by atoms with Crippen LogP contribution >= 0.6 is 0 Å². The fourth-order valence-corrected chi connectivity index (χ4v) is 14.7. The first-order chi connectivity index (χ1) is 28.2. The van der Waals surface area contributed by atoms with Crippen LogP contribution in [-0.2, 0) is 21.7 Å².